The van der Waals surface area contributed by atoms with Gasteiger partial charge in [0.05, 0.1) is 6.54 Å². The topological polar surface area (TPSA) is 15.3 Å². The zero-order valence-corrected chi connectivity index (χ0v) is 11.9. The van der Waals surface area contributed by atoms with E-state index in [9.17, 15) is 8.78 Å². The van der Waals surface area contributed by atoms with Crippen molar-refractivity contribution in [1.82, 2.24) is 10.2 Å². The molecule has 0 radical (unpaired) electrons. The second-order valence-electron chi connectivity index (χ2n) is 5.04. The Morgan fingerprint density at radius 3 is 2.32 bits per heavy atom. The Morgan fingerprint density at radius 1 is 1.16 bits per heavy atom. The number of rotatable bonds is 8. The van der Waals surface area contributed by atoms with E-state index < -0.39 is 6.43 Å². The molecule has 0 saturated carbocycles. The van der Waals surface area contributed by atoms with Crippen LogP contribution < -0.4 is 5.32 Å². The molecular weight excluding hydrogens is 246 g/mol. The largest absolute Gasteiger partial charge is 0.310 e. The monoisotopic (exact) mass is 270 g/mol. The third kappa shape index (κ3) is 5.66. The fraction of sp³-hybridized carbons (Fsp3) is 0.600. The van der Waals surface area contributed by atoms with Crippen LogP contribution in [0.1, 0.15) is 25.5 Å². The van der Waals surface area contributed by atoms with Gasteiger partial charge in [-0.25, -0.2) is 8.78 Å². The molecule has 0 spiro atoms. The summed E-state index contributed by atoms with van der Waals surface area (Å²) in [6.07, 6.45) is -2.27. The molecule has 0 saturated heterocycles. The lowest BCUT2D eigenvalue weighted by Crippen LogP contribution is -2.36. The number of hydrogen-bond donors (Lipinski definition) is 1. The molecule has 0 heterocycles. The smallest absolute Gasteiger partial charge is 0.251 e. The van der Waals surface area contributed by atoms with E-state index >= 15 is 0 Å². The zero-order valence-electron chi connectivity index (χ0n) is 11.9. The fourth-order valence-corrected chi connectivity index (χ4v) is 2.44. The van der Waals surface area contributed by atoms with Gasteiger partial charge in [0.1, 0.15) is 0 Å². The van der Waals surface area contributed by atoms with Crippen LogP contribution in [0, 0.1) is 5.92 Å². The molecule has 1 aromatic rings. The molecule has 0 fully saturated rings. The molecule has 4 heteroatoms. The van der Waals surface area contributed by atoms with Crippen LogP contribution in [0.3, 0.4) is 0 Å². The molecule has 19 heavy (non-hydrogen) atoms. The van der Waals surface area contributed by atoms with Crippen molar-refractivity contribution >= 4 is 0 Å². The molecule has 2 nitrogen and oxygen atoms in total. The second kappa shape index (κ2) is 8.23. The van der Waals surface area contributed by atoms with Crippen molar-refractivity contribution in [2.75, 3.05) is 26.7 Å². The first-order valence-corrected chi connectivity index (χ1v) is 6.79. The van der Waals surface area contributed by atoms with E-state index in [0.29, 0.717) is 6.54 Å². The van der Waals surface area contributed by atoms with E-state index in [1.165, 1.54) is 5.56 Å². The molecular formula is C15H24F2N2. The summed E-state index contributed by atoms with van der Waals surface area (Å²) in [5.41, 5.74) is 1.21. The summed E-state index contributed by atoms with van der Waals surface area (Å²) in [5.74, 6) is 0.270. The lowest BCUT2D eigenvalue weighted by atomic mass is 9.94. The van der Waals surface area contributed by atoms with Crippen LogP contribution in [0.4, 0.5) is 8.78 Å². The highest BCUT2D eigenvalue weighted by molar-refractivity contribution is 5.19. The lowest BCUT2D eigenvalue weighted by molar-refractivity contribution is 0.0910. The van der Waals surface area contributed by atoms with Gasteiger partial charge in [0.25, 0.3) is 6.43 Å². The highest BCUT2D eigenvalue weighted by atomic mass is 19.3. The molecule has 0 aromatic heterocycles. The molecule has 1 aromatic carbocycles. The average Bonchev–Trinajstić information content (AvgIpc) is 2.35. The summed E-state index contributed by atoms with van der Waals surface area (Å²) < 4.78 is 24.7. The summed E-state index contributed by atoms with van der Waals surface area (Å²) in [6.45, 7) is 5.51. The van der Waals surface area contributed by atoms with E-state index in [0.717, 1.165) is 6.54 Å². The minimum Gasteiger partial charge on any atom is -0.310 e. The van der Waals surface area contributed by atoms with E-state index in [-0.39, 0.29) is 18.5 Å². The number of benzene rings is 1. The summed E-state index contributed by atoms with van der Waals surface area (Å²) in [7, 11) is 1.75. The van der Waals surface area contributed by atoms with Crippen molar-refractivity contribution in [2.45, 2.75) is 26.3 Å². The van der Waals surface area contributed by atoms with Crippen LogP contribution in [-0.4, -0.2) is 38.0 Å². The van der Waals surface area contributed by atoms with E-state index in [2.05, 4.69) is 31.3 Å². The van der Waals surface area contributed by atoms with E-state index in [1.54, 1.807) is 11.9 Å². The second-order valence-corrected chi connectivity index (χ2v) is 5.04. The molecule has 1 N–H and O–H groups in total. The van der Waals surface area contributed by atoms with Crippen molar-refractivity contribution in [3.8, 4) is 0 Å². The van der Waals surface area contributed by atoms with Crippen LogP contribution >= 0.6 is 0 Å². The Labute approximate surface area is 114 Å². The highest BCUT2D eigenvalue weighted by Gasteiger charge is 2.20. The number of nitrogens with zero attached hydrogens (tertiary/aromatic N) is 1. The van der Waals surface area contributed by atoms with Crippen molar-refractivity contribution in [3.05, 3.63) is 35.9 Å². The Kier molecular flexibility index (Phi) is 6.95. The van der Waals surface area contributed by atoms with Gasteiger partial charge in [-0.1, -0.05) is 44.2 Å². The summed E-state index contributed by atoms with van der Waals surface area (Å²) >= 11 is 0. The average molecular weight is 270 g/mol. The third-order valence-electron chi connectivity index (χ3n) is 3.20. The number of halogens is 2. The number of nitrogens with one attached hydrogen (secondary N) is 1. The minimum atomic E-state index is -2.27. The molecule has 1 rings (SSSR count). The van der Waals surface area contributed by atoms with Gasteiger partial charge in [-0.2, -0.15) is 0 Å². The van der Waals surface area contributed by atoms with Gasteiger partial charge >= 0.3 is 0 Å². The maximum absolute atomic E-state index is 12.4. The van der Waals surface area contributed by atoms with Crippen molar-refractivity contribution in [3.63, 3.8) is 0 Å². The third-order valence-corrected chi connectivity index (χ3v) is 3.20. The van der Waals surface area contributed by atoms with Gasteiger partial charge in [0.15, 0.2) is 0 Å². The molecule has 2 atom stereocenters. The first-order chi connectivity index (χ1) is 9.04. The van der Waals surface area contributed by atoms with Crippen molar-refractivity contribution < 1.29 is 8.78 Å². The quantitative estimate of drug-likeness (QED) is 0.780. The van der Waals surface area contributed by atoms with Crippen molar-refractivity contribution in [1.29, 1.82) is 0 Å². The van der Waals surface area contributed by atoms with Crippen LogP contribution in [0.2, 0.25) is 0 Å². The highest BCUT2D eigenvalue weighted by Crippen LogP contribution is 2.22. The lowest BCUT2D eigenvalue weighted by Gasteiger charge is -2.29. The summed E-state index contributed by atoms with van der Waals surface area (Å²) in [5, 5.41) is 3.44. The Bertz CT molecular complexity index is 343. The molecule has 0 aliphatic rings. The molecule has 0 bridgehead atoms. The van der Waals surface area contributed by atoms with Crippen LogP contribution in [0.25, 0.3) is 0 Å². The predicted octanol–water partition coefficient (Wildman–Crippen LogP) is 3.17. The number of alkyl halides is 2. The number of hydrogen-bond acceptors (Lipinski definition) is 2. The predicted molar refractivity (Wildman–Crippen MR) is 75.5 cm³/mol. The van der Waals surface area contributed by atoms with Gasteiger partial charge in [0.2, 0.25) is 0 Å². The Morgan fingerprint density at radius 2 is 1.79 bits per heavy atom. The molecule has 0 aliphatic carbocycles. The standard InChI is InChI=1S/C15H24F2N2/c1-4-18-15(13-8-6-5-7-9-13)12(2)10-19(3)11-14(16)17/h5-9,12,14-15,18H,4,10-11H2,1-3H3. The SMILES string of the molecule is CCNC(c1ccccc1)C(C)CN(C)CC(F)F. The fourth-order valence-electron chi connectivity index (χ4n) is 2.44. The van der Waals surface area contributed by atoms with Crippen LogP contribution in [-0.2, 0) is 0 Å². The molecule has 2 unspecified atom stereocenters. The van der Waals surface area contributed by atoms with Gasteiger partial charge in [-0.05, 0) is 25.1 Å². The van der Waals surface area contributed by atoms with E-state index in [4.69, 9.17) is 0 Å². The summed E-state index contributed by atoms with van der Waals surface area (Å²) in [6, 6.07) is 10.4. The zero-order chi connectivity index (χ0) is 14.3. The first kappa shape index (κ1) is 16.1. The first-order valence-electron chi connectivity index (χ1n) is 6.79. The van der Waals surface area contributed by atoms with Crippen molar-refractivity contribution in [2.24, 2.45) is 5.92 Å². The molecule has 108 valence electrons. The maximum Gasteiger partial charge on any atom is 0.251 e. The van der Waals surface area contributed by atoms with Crippen LogP contribution in [0.15, 0.2) is 30.3 Å². The van der Waals surface area contributed by atoms with Crippen LogP contribution in [0.5, 0.6) is 0 Å². The minimum absolute atomic E-state index is 0.169. The Balaban J connectivity index is 2.65. The van der Waals surface area contributed by atoms with Gasteiger partial charge in [-0.3, -0.25) is 0 Å². The normalized spacial score (nSPS) is 14.9. The molecule has 0 amide bonds. The van der Waals surface area contributed by atoms with Gasteiger partial charge < -0.3 is 10.2 Å². The van der Waals surface area contributed by atoms with Gasteiger partial charge in [-0.15, -0.1) is 0 Å². The molecule has 0 aliphatic heterocycles. The summed E-state index contributed by atoms with van der Waals surface area (Å²) in [4.78, 5) is 1.70. The van der Waals surface area contributed by atoms with E-state index in [1.807, 2.05) is 18.2 Å². The van der Waals surface area contributed by atoms with Gasteiger partial charge in [0, 0.05) is 12.6 Å². The Hall–Kier alpha value is -1.00. The maximum atomic E-state index is 12.4.